The molecule has 0 aromatic heterocycles. The lowest BCUT2D eigenvalue weighted by Crippen LogP contribution is -2.20. The highest BCUT2D eigenvalue weighted by atomic mass is 16.6. The van der Waals surface area contributed by atoms with E-state index in [0.717, 1.165) is 19.3 Å². The van der Waals surface area contributed by atoms with E-state index in [0.29, 0.717) is 11.5 Å². The lowest BCUT2D eigenvalue weighted by atomic mass is 10.1. The van der Waals surface area contributed by atoms with Crippen LogP contribution in [0, 0.1) is 16.0 Å². The van der Waals surface area contributed by atoms with E-state index in [1.165, 1.54) is 24.3 Å². The van der Waals surface area contributed by atoms with Gasteiger partial charge in [-0.2, -0.15) is 0 Å². The molecule has 0 bridgehead atoms. The number of carbonyl (C=O) groups excluding carboxylic acids is 1. The van der Waals surface area contributed by atoms with Crippen LogP contribution in [0.1, 0.15) is 36.5 Å². The van der Waals surface area contributed by atoms with Crippen molar-refractivity contribution in [3.8, 4) is 0 Å². The summed E-state index contributed by atoms with van der Waals surface area (Å²) in [6.45, 7) is 2.07. The van der Waals surface area contributed by atoms with Crippen LogP contribution in [-0.4, -0.2) is 17.0 Å². The minimum absolute atomic E-state index is 0.0207. The number of nitro groups is 1. The molecule has 0 radical (unpaired) electrons. The molecule has 0 saturated heterocycles. The van der Waals surface area contributed by atoms with Crippen LogP contribution < -0.4 is 0 Å². The van der Waals surface area contributed by atoms with Gasteiger partial charge in [0.1, 0.15) is 6.10 Å². The average Bonchev–Trinajstić information content (AvgIpc) is 2.75. The Kier molecular flexibility index (Phi) is 3.60. The van der Waals surface area contributed by atoms with Gasteiger partial charge in [-0.25, -0.2) is 4.79 Å². The van der Waals surface area contributed by atoms with Crippen LogP contribution >= 0.6 is 0 Å². The van der Waals surface area contributed by atoms with Crippen molar-refractivity contribution in [1.82, 2.24) is 0 Å². The molecule has 96 valence electrons. The number of rotatable bonds is 3. The van der Waals surface area contributed by atoms with Crippen molar-refractivity contribution in [1.29, 1.82) is 0 Å². The summed E-state index contributed by atoms with van der Waals surface area (Å²) in [4.78, 5) is 21.8. The quantitative estimate of drug-likeness (QED) is 0.469. The predicted octanol–water partition coefficient (Wildman–Crippen LogP) is 2.94. The van der Waals surface area contributed by atoms with E-state index in [2.05, 4.69) is 6.92 Å². The molecule has 1 aromatic rings. The first kappa shape index (κ1) is 12.5. The van der Waals surface area contributed by atoms with E-state index >= 15 is 0 Å². The van der Waals surface area contributed by atoms with Crippen LogP contribution in [0.15, 0.2) is 24.3 Å². The molecule has 1 fully saturated rings. The molecule has 0 heterocycles. The summed E-state index contributed by atoms with van der Waals surface area (Å²) in [6.07, 6.45) is 3.05. The Balaban J connectivity index is 2.02. The summed E-state index contributed by atoms with van der Waals surface area (Å²) in [5.41, 5.74) is 0.334. The predicted molar refractivity (Wildman–Crippen MR) is 65.3 cm³/mol. The van der Waals surface area contributed by atoms with Gasteiger partial charge in [-0.15, -0.1) is 0 Å². The number of ether oxygens (including phenoxy) is 1. The van der Waals surface area contributed by atoms with Crippen molar-refractivity contribution in [2.75, 3.05) is 0 Å². The Morgan fingerprint density at radius 3 is 2.50 bits per heavy atom. The number of nitro benzene ring substituents is 1. The maximum Gasteiger partial charge on any atom is 0.338 e. The maximum atomic E-state index is 11.8. The van der Waals surface area contributed by atoms with Gasteiger partial charge < -0.3 is 4.74 Å². The normalized spacial score (nSPS) is 22.7. The van der Waals surface area contributed by atoms with Crippen LogP contribution in [-0.2, 0) is 4.74 Å². The largest absolute Gasteiger partial charge is 0.459 e. The van der Waals surface area contributed by atoms with Gasteiger partial charge in [0.2, 0.25) is 0 Å². The molecule has 5 heteroatoms. The average molecular weight is 249 g/mol. The first-order valence-corrected chi connectivity index (χ1v) is 6.03. The Hall–Kier alpha value is -1.91. The van der Waals surface area contributed by atoms with Crippen LogP contribution in [0.2, 0.25) is 0 Å². The van der Waals surface area contributed by atoms with Gasteiger partial charge in [0.25, 0.3) is 5.69 Å². The summed E-state index contributed by atoms with van der Waals surface area (Å²) in [6, 6.07) is 5.49. The molecule has 2 atom stereocenters. The standard InChI is InChI=1S/C13H15NO4/c1-9-3-2-4-12(9)18-13(15)10-5-7-11(8-6-10)14(16)17/h5-9,12H,2-4H2,1H3/t9-,12-/m1/s1. The van der Waals surface area contributed by atoms with Gasteiger partial charge in [0.05, 0.1) is 10.5 Å². The molecule has 2 rings (SSSR count). The van der Waals surface area contributed by atoms with E-state index in [-0.39, 0.29) is 11.8 Å². The van der Waals surface area contributed by atoms with Crippen LogP contribution in [0.4, 0.5) is 5.69 Å². The number of non-ortho nitro benzene ring substituents is 1. The molecule has 0 N–H and O–H groups in total. The van der Waals surface area contributed by atoms with Crippen molar-refractivity contribution < 1.29 is 14.5 Å². The highest BCUT2D eigenvalue weighted by molar-refractivity contribution is 5.89. The fraction of sp³-hybridized carbons (Fsp3) is 0.462. The van der Waals surface area contributed by atoms with E-state index in [1.54, 1.807) is 0 Å². The number of esters is 1. The topological polar surface area (TPSA) is 69.4 Å². The smallest absolute Gasteiger partial charge is 0.338 e. The first-order valence-electron chi connectivity index (χ1n) is 6.03. The second kappa shape index (κ2) is 5.16. The van der Waals surface area contributed by atoms with Gasteiger partial charge in [-0.05, 0) is 37.3 Å². The molecule has 0 amide bonds. The Labute approximate surface area is 105 Å². The number of carbonyl (C=O) groups is 1. The third-order valence-electron chi connectivity index (χ3n) is 3.36. The summed E-state index contributed by atoms with van der Waals surface area (Å²) in [5.74, 6) is -0.00403. The van der Waals surface area contributed by atoms with E-state index in [1.807, 2.05) is 0 Å². The van der Waals surface area contributed by atoms with Gasteiger partial charge in [-0.1, -0.05) is 6.92 Å². The lowest BCUT2D eigenvalue weighted by molar-refractivity contribution is -0.384. The summed E-state index contributed by atoms with van der Waals surface area (Å²) in [7, 11) is 0. The third-order valence-corrected chi connectivity index (χ3v) is 3.36. The Morgan fingerprint density at radius 2 is 2.00 bits per heavy atom. The third kappa shape index (κ3) is 2.67. The molecular weight excluding hydrogens is 234 g/mol. The molecule has 0 unspecified atom stereocenters. The number of benzene rings is 1. The number of nitrogens with zero attached hydrogens (tertiary/aromatic N) is 1. The maximum absolute atomic E-state index is 11.8. The molecule has 1 aliphatic rings. The number of hydrogen-bond donors (Lipinski definition) is 0. The molecule has 18 heavy (non-hydrogen) atoms. The van der Waals surface area contributed by atoms with Crippen molar-refractivity contribution in [2.24, 2.45) is 5.92 Å². The monoisotopic (exact) mass is 249 g/mol. The van der Waals surface area contributed by atoms with Crippen LogP contribution in [0.3, 0.4) is 0 Å². The van der Waals surface area contributed by atoms with Crippen molar-refractivity contribution in [3.05, 3.63) is 39.9 Å². The van der Waals surface area contributed by atoms with E-state index < -0.39 is 10.9 Å². The summed E-state index contributed by atoms with van der Waals surface area (Å²) < 4.78 is 5.40. The molecule has 1 aromatic carbocycles. The van der Waals surface area contributed by atoms with E-state index in [4.69, 9.17) is 4.74 Å². The first-order chi connectivity index (χ1) is 8.58. The van der Waals surface area contributed by atoms with Gasteiger partial charge in [0, 0.05) is 12.1 Å². The fourth-order valence-electron chi connectivity index (χ4n) is 2.21. The number of hydrogen-bond acceptors (Lipinski definition) is 4. The van der Waals surface area contributed by atoms with E-state index in [9.17, 15) is 14.9 Å². The van der Waals surface area contributed by atoms with Crippen LogP contribution in [0.5, 0.6) is 0 Å². The molecule has 1 saturated carbocycles. The zero-order chi connectivity index (χ0) is 13.1. The second-order valence-corrected chi connectivity index (χ2v) is 4.66. The fourth-order valence-corrected chi connectivity index (χ4v) is 2.21. The minimum Gasteiger partial charge on any atom is -0.459 e. The zero-order valence-electron chi connectivity index (χ0n) is 10.2. The Bertz CT molecular complexity index is 455. The molecule has 5 nitrogen and oxygen atoms in total. The minimum atomic E-state index is -0.492. The Morgan fingerprint density at radius 1 is 1.33 bits per heavy atom. The van der Waals surface area contributed by atoms with Crippen molar-refractivity contribution in [2.45, 2.75) is 32.3 Å². The van der Waals surface area contributed by atoms with Crippen LogP contribution in [0.25, 0.3) is 0 Å². The highest BCUT2D eigenvalue weighted by Crippen LogP contribution is 2.28. The molecule has 0 aliphatic heterocycles. The highest BCUT2D eigenvalue weighted by Gasteiger charge is 2.27. The lowest BCUT2D eigenvalue weighted by Gasteiger charge is -2.16. The zero-order valence-corrected chi connectivity index (χ0v) is 10.2. The SMILES string of the molecule is C[C@@H]1CCC[C@H]1OC(=O)c1ccc([N+](=O)[O-])cc1. The summed E-state index contributed by atoms with van der Waals surface area (Å²) >= 11 is 0. The van der Waals surface area contributed by atoms with Gasteiger partial charge in [0.15, 0.2) is 0 Å². The van der Waals surface area contributed by atoms with Crippen molar-refractivity contribution in [3.63, 3.8) is 0 Å². The molecular formula is C13H15NO4. The molecule has 0 spiro atoms. The van der Waals surface area contributed by atoms with Gasteiger partial charge >= 0.3 is 5.97 Å². The molecule has 1 aliphatic carbocycles. The van der Waals surface area contributed by atoms with Crippen molar-refractivity contribution >= 4 is 11.7 Å². The summed E-state index contributed by atoms with van der Waals surface area (Å²) in [5, 5.41) is 10.5. The second-order valence-electron chi connectivity index (χ2n) is 4.66. The van der Waals surface area contributed by atoms with Gasteiger partial charge in [-0.3, -0.25) is 10.1 Å².